The molecule has 4 rings (SSSR count). The Morgan fingerprint density at radius 2 is 2.11 bits per heavy atom. The van der Waals surface area contributed by atoms with Gasteiger partial charge in [-0.05, 0) is 24.8 Å². The Kier molecular flexibility index (Phi) is 4.49. The normalized spacial score (nSPS) is 16.9. The zero-order valence-corrected chi connectivity index (χ0v) is 15.1. The van der Waals surface area contributed by atoms with Crippen molar-refractivity contribution in [2.45, 2.75) is 38.8 Å². The number of hydrogen-bond donors (Lipinski definition) is 2. The number of aromatic nitrogens is 4. The monoisotopic (exact) mass is 367 g/mol. The van der Waals surface area contributed by atoms with E-state index >= 15 is 0 Å². The van der Waals surface area contributed by atoms with Crippen LogP contribution in [0.1, 0.15) is 35.8 Å². The molecule has 1 amide bonds. The number of aryl methyl sites for hydroxylation is 1. The SMILES string of the molecule is CCc1ccc(-c2nc(C(N)=O)c3[nH]c(=O)n(CC4CCCO4)c3n2)cc1. The maximum atomic E-state index is 12.5. The standard InChI is InChI=1S/C19H21N5O3/c1-2-11-5-7-12(8-6-11)17-21-14(16(20)25)15-18(23-17)24(19(26)22-15)10-13-4-3-9-27-13/h5-8,13H,2-4,9-10H2,1H3,(H2,20,25)(H,22,26). The molecule has 8 nitrogen and oxygen atoms in total. The van der Waals surface area contributed by atoms with Gasteiger partial charge in [0.25, 0.3) is 5.91 Å². The third kappa shape index (κ3) is 3.23. The highest BCUT2D eigenvalue weighted by Gasteiger charge is 2.23. The number of carbonyl (C=O) groups excluding carboxylic acids is 1. The topological polar surface area (TPSA) is 116 Å². The second-order valence-electron chi connectivity index (χ2n) is 6.68. The maximum Gasteiger partial charge on any atom is 0.327 e. The average molecular weight is 367 g/mol. The number of hydrogen-bond acceptors (Lipinski definition) is 5. The molecule has 1 unspecified atom stereocenters. The van der Waals surface area contributed by atoms with Crippen LogP contribution in [0.2, 0.25) is 0 Å². The molecule has 0 radical (unpaired) electrons. The van der Waals surface area contributed by atoms with Gasteiger partial charge in [0.2, 0.25) is 0 Å². The lowest BCUT2D eigenvalue weighted by atomic mass is 10.1. The molecule has 1 saturated heterocycles. The highest BCUT2D eigenvalue weighted by molar-refractivity contribution is 6.01. The number of carbonyl (C=O) groups is 1. The largest absolute Gasteiger partial charge is 0.376 e. The van der Waals surface area contributed by atoms with Gasteiger partial charge in [0, 0.05) is 12.2 Å². The van der Waals surface area contributed by atoms with Crippen LogP contribution in [0.3, 0.4) is 0 Å². The lowest BCUT2D eigenvalue weighted by Crippen LogP contribution is -2.24. The molecule has 2 aromatic heterocycles. The summed E-state index contributed by atoms with van der Waals surface area (Å²) in [4.78, 5) is 36.0. The molecular formula is C19H21N5O3. The van der Waals surface area contributed by atoms with Gasteiger partial charge in [-0.3, -0.25) is 9.36 Å². The van der Waals surface area contributed by atoms with Gasteiger partial charge in [-0.2, -0.15) is 0 Å². The quantitative estimate of drug-likeness (QED) is 0.711. The molecule has 140 valence electrons. The number of ether oxygens (including phenoxy) is 1. The lowest BCUT2D eigenvalue weighted by Gasteiger charge is -2.10. The van der Waals surface area contributed by atoms with Gasteiger partial charge in [-0.1, -0.05) is 31.2 Å². The number of primary amides is 1. The van der Waals surface area contributed by atoms with Crippen LogP contribution in [0.25, 0.3) is 22.6 Å². The molecule has 3 N–H and O–H groups in total. The van der Waals surface area contributed by atoms with Gasteiger partial charge in [-0.15, -0.1) is 0 Å². The van der Waals surface area contributed by atoms with Crippen molar-refractivity contribution in [3.63, 3.8) is 0 Å². The zero-order valence-electron chi connectivity index (χ0n) is 15.1. The average Bonchev–Trinajstić information content (AvgIpc) is 3.29. The van der Waals surface area contributed by atoms with Crippen LogP contribution in [0, 0.1) is 0 Å². The number of rotatable bonds is 5. The summed E-state index contributed by atoms with van der Waals surface area (Å²) in [6, 6.07) is 7.78. The van der Waals surface area contributed by atoms with Crippen molar-refractivity contribution >= 4 is 17.1 Å². The van der Waals surface area contributed by atoms with E-state index in [0.717, 1.165) is 24.8 Å². The van der Waals surface area contributed by atoms with Gasteiger partial charge < -0.3 is 15.5 Å². The molecular weight excluding hydrogens is 346 g/mol. The molecule has 27 heavy (non-hydrogen) atoms. The van der Waals surface area contributed by atoms with Crippen molar-refractivity contribution in [1.82, 2.24) is 19.5 Å². The minimum Gasteiger partial charge on any atom is -0.376 e. The number of benzene rings is 1. The summed E-state index contributed by atoms with van der Waals surface area (Å²) in [6.45, 7) is 3.15. The first-order valence-electron chi connectivity index (χ1n) is 9.08. The van der Waals surface area contributed by atoms with Crippen LogP contribution in [-0.4, -0.2) is 38.1 Å². The van der Waals surface area contributed by atoms with Crippen molar-refractivity contribution in [2.75, 3.05) is 6.61 Å². The van der Waals surface area contributed by atoms with Gasteiger partial charge in [0.1, 0.15) is 5.52 Å². The molecule has 0 saturated carbocycles. The summed E-state index contributed by atoms with van der Waals surface area (Å²) in [7, 11) is 0. The van der Waals surface area contributed by atoms with Gasteiger partial charge >= 0.3 is 5.69 Å². The number of imidazole rings is 1. The summed E-state index contributed by atoms with van der Waals surface area (Å²) in [6.07, 6.45) is 2.74. The Morgan fingerprint density at radius 1 is 1.33 bits per heavy atom. The highest BCUT2D eigenvalue weighted by Crippen LogP contribution is 2.22. The fraction of sp³-hybridized carbons (Fsp3) is 0.368. The molecule has 1 fully saturated rings. The Balaban J connectivity index is 1.87. The maximum absolute atomic E-state index is 12.5. The summed E-state index contributed by atoms with van der Waals surface area (Å²) < 4.78 is 7.14. The number of aromatic amines is 1. The summed E-state index contributed by atoms with van der Waals surface area (Å²) in [5.74, 6) is -0.349. The van der Waals surface area contributed by atoms with E-state index in [4.69, 9.17) is 10.5 Å². The smallest absolute Gasteiger partial charge is 0.327 e. The number of nitrogens with zero attached hydrogens (tertiary/aromatic N) is 3. The Labute approximate surface area is 155 Å². The van der Waals surface area contributed by atoms with E-state index < -0.39 is 5.91 Å². The van der Waals surface area contributed by atoms with Gasteiger partial charge in [-0.25, -0.2) is 14.8 Å². The van der Waals surface area contributed by atoms with Crippen molar-refractivity contribution in [3.8, 4) is 11.4 Å². The summed E-state index contributed by atoms with van der Waals surface area (Å²) in [5.41, 5.74) is 7.75. The van der Waals surface area contributed by atoms with E-state index in [-0.39, 0.29) is 23.0 Å². The Bertz CT molecular complexity index is 1050. The fourth-order valence-corrected chi connectivity index (χ4v) is 3.39. The van der Waals surface area contributed by atoms with Crippen molar-refractivity contribution in [3.05, 3.63) is 46.0 Å². The molecule has 0 bridgehead atoms. The Morgan fingerprint density at radius 3 is 2.74 bits per heavy atom. The first-order chi connectivity index (χ1) is 13.1. The van der Waals surface area contributed by atoms with E-state index in [9.17, 15) is 9.59 Å². The first kappa shape index (κ1) is 17.4. The van der Waals surface area contributed by atoms with Crippen LogP contribution in [-0.2, 0) is 17.7 Å². The second-order valence-corrected chi connectivity index (χ2v) is 6.68. The zero-order chi connectivity index (χ0) is 19.0. The van der Waals surface area contributed by atoms with E-state index in [2.05, 4.69) is 21.9 Å². The number of nitrogens with one attached hydrogen (secondary N) is 1. The van der Waals surface area contributed by atoms with E-state index in [1.807, 2.05) is 24.3 Å². The van der Waals surface area contributed by atoms with Crippen molar-refractivity contribution in [1.29, 1.82) is 0 Å². The number of fused-ring (bicyclic) bond motifs is 1. The third-order valence-electron chi connectivity index (χ3n) is 4.89. The van der Waals surface area contributed by atoms with Crippen LogP contribution < -0.4 is 11.4 Å². The van der Waals surface area contributed by atoms with Crippen molar-refractivity contribution < 1.29 is 9.53 Å². The molecule has 0 spiro atoms. The molecule has 0 aliphatic carbocycles. The molecule has 1 aromatic carbocycles. The molecule has 8 heteroatoms. The minimum absolute atomic E-state index is 0.0118. The van der Waals surface area contributed by atoms with Gasteiger partial charge in [0.05, 0.1) is 12.6 Å². The predicted molar refractivity (Wildman–Crippen MR) is 100 cm³/mol. The Hall–Kier alpha value is -3.00. The van der Waals surface area contributed by atoms with Crippen molar-refractivity contribution in [2.24, 2.45) is 5.73 Å². The number of amides is 1. The van der Waals surface area contributed by atoms with Crippen LogP contribution in [0.5, 0.6) is 0 Å². The predicted octanol–water partition coefficient (Wildman–Crippen LogP) is 1.63. The highest BCUT2D eigenvalue weighted by atomic mass is 16.5. The molecule has 3 aromatic rings. The summed E-state index contributed by atoms with van der Waals surface area (Å²) in [5, 5.41) is 0. The lowest BCUT2D eigenvalue weighted by molar-refractivity contribution is 0.0970. The van der Waals surface area contributed by atoms with E-state index in [0.29, 0.717) is 24.6 Å². The third-order valence-corrected chi connectivity index (χ3v) is 4.89. The molecule has 1 aliphatic rings. The number of nitrogens with two attached hydrogens (primary N) is 1. The summed E-state index contributed by atoms with van der Waals surface area (Å²) >= 11 is 0. The minimum atomic E-state index is -0.709. The van der Waals surface area contributed by atoms with Gasteiger partial charge in [0.15, 0.2) is 17.2 Å². The first-order valence-corrected chi connectivity index (χ1v) is 9.08. The van der Waals surface area contributed by atoms with E-state index in [1.165, 1.54) is 10.1 Å². The van der Waals surface area contributed by atoms with E-state index in [1.54, 1.807) is 0 Å². The second kappa shape index (κ2) is 6.96. The number of H-pyrrole nitrogens is 1. The van der Waals surface area contributed by atoms with Crippen LogP contribution in [0.15, 0.2) is 29.1 Å². The van der Waals surface area contributed by atoms with Crippen LogP contribution in [0.4, 0.5) is 0 Å². The molecule has 1 atom stereocenters. The molecule has 1 aliphatic heterocycles. The fourth-order valence-electron chi connectivity index (χ4n) is 3.39. The van der Waals surface area contributed by atoms with Crippen LogP contribution >= 0.6 is 0 Å². The molecule has 3 heterocycles.